The maximum absolute atomic E-state index is 6.20. The molecule has 3 atom stereocenters. The van der Waals surface area contributed by atoms with Crippen molar-refractivity contribution in [3.8, 4) is 0 Å². The smallest absolute Gasteiger partial charge is 0.0775 e. The summed E-state index contributed by atoms with van der Waals surface area (Å²) < 4.78 is 0. The molecule has 0 bridgehead atoms. The molecule has 0 spiro atoms. The predicted molar refractivity (Wildman–Crippen MR) is 70.4 cm³/mol. The van der Waals surface area contributed by atoms with Crippen molar-refractivity contribution in [3.63, 3.8) is 0 Å². The summed E-state index contributed by atoms with van der Waals surface area (Å²) in [6.45, 7) is 2.31. The first-order chi connectivity index (χ1) is 8.22. The lowest BCUT2D eigenvalue weighted by atomic mass is 9.78. The molecular formula is C13H20ClN3. The molecule has 94 valence electrons. The Balaban J connectivity index is 2.18. The van der Waals surface area contributed by atoms with Gasteiger partial charge in [-0.15, -0.1) is 0 Å². The topological polar surface area (TPSA) is 50.9 Å². The minimum Gasteiger partial charge on any atom is -0.271 e. The van der Waals surface area contributed by atoms with Crippen molar-refractivity contribution in [2.75, 3.05) is 0 Å². The summed E-state index contributed by atoms with van der Waals surface area (Å²) in [5, 5.41) is 0.702. The van der Waals surface area contributed by atoms with Crippen LogP contribution in [0.2, 0.25) is 5.02 Å². The summed E-state index contributed by atoms with van der Waals surface area (Å²) in [5.41, 5.74) is 3.79. The molecule has 2 rings (SSSR count). The first-order valence-electron chi connectivity index (χ1n) is 6.29. The van der Waals surface area contributed by atoms with Crippen molar-refractivity contribution in [1.82, 2.24) is 10.4 Å². The van der Waals surface area contributed by atoms with Crippen LogP contribution >= 0.6 is 11.6 Å². The van der Waals surface area contributed by atoms with Crippen molar-refractivity contribution in [1.29, 1.82) is 0 Å². The lowest BCUT2D eigenvalue weighted by Crippen LogP contribution is -2.36. The van der Waals surface area contributed by atoms with Crippen LogP contribution in [0, 0.1) is 11.8 Å². The normalized spacial score (nSPS) is 26.8. The fourth-order valence-corrected chi connectivity index (χ4v) is 3.09. The van der Waals surface area contributed by atoms with E-state index in [1.807, 2.05) is 12.1 Å². The Morgan fingerprint density at radius 3 is 3.00 bits per heavy atom. The fourth-order valence-electron chi connectivity index (χ4n) is 2.85. The molecule has 3 nitrogen and oxygen atoms in total. The van der Waals surface area contributed by atoms with Gasteiger partial charge in [0.1, 0.15) is 0 Å². The molecule has 3 unspecified atom stereocenters. The van der Waals surface area contributed by atoms with Crippen molar-refractivity contribution >= 4 is 11.6 Å². The largest absolute Gasteiger partial charge is 0.271 e. The van der Waals surface area contributed by atoms with Crippen LogP contribution in [-0.2, 0) is 0 Å². The molecule has 1 heterocycles. The van der Waals surface area contributed by atoms with Gasteiger partial charge in [0.2, 0.25) is 0 Å². The summed E-state index contributed by atoms with van der Waals surface area (Å²) in [4.78, 5) is 4.38. The monoisotopic (exact) mass is 253 g/mol. The number of nitrogens with two attached hydrogens (primary N) is 1. The van der Waals surface area contributed by atoms with E-state index in [2.05, 4.69) is 17.3 Å². The first kappa shape index (κ1) is 12.8. The van der Waals surface area contributed by atoms with E-state index in [0.29, 0.717) is 10.9 Å². The fraction of sp³-hybridized carbons (Fsp3) is 0.615. The van der Waals surface area contributed by atoms with E-state index in [0.717, 1.165) is 11.6 Å². The molecule has 1 aromatic heterocycles. The highest BCUT2D eigenvalue weighted by Crippen LogP contribution is 2.37. The number of halogens is 1. The Hall–Kier alpha value is -0.640. The number of nitrogens with zero attached hydrogens (tertiary/aromatic N) is 1. The summed E-state index contributed by atoms with van der Waals surface area (Å²) >= 11 is 6.20. The number of aromatic nitrogens is 1. The lowest BCUT2D eigenvalue weighted by Gasteiger charge is -2.32. The van der Waals surface area contributed by atoms with E-state index in [4.69, 9.17) is 17.4 Å². The van der Waals surface area contributed by atoms with Crippen molar-refractivity contribution in [3.05, 3.63) is 29.0 Å². The Morgan fingerprint density at radius 2 is 2.35 bits per heavy atom. The molecule has 3 N–H and O–H groups in total. The standard InChI is InChI=1S/C13H20ClN3/c1-9-4-2-5-10(8-9)12(17-15)13-11(14)6-3-7-16-13/h3,6-7,9-10,12,17H,2,4-5,8,15H2,1H3. The third-order valence-corrected chi connectivity index (χ3v) is 4.03. The summed E-state index contributed by atoms with van der Waals surface area (Å²) in [5.74, 6) is 7.01. The Bertz CT molecular complexity index is 369. The van der Waals surface area contributed by atoms with Crippen LogP contribution in [0.3, 0.4) is 0 Å². The van der Waals surface area contributed by atoms with E-state index in [1.54, 1.807) is 6.20 Å². The Morgan fingerprint density at radius 1 is 1.53 bits per heavy atom. The van der Waals surface area contributed by atoms with Gasteiger partial charge < -0.3 is 0 Å². The summed E-state index contributed by atoms with van der Waals surface area (Å²) in [6, 6.07) is 3.80. The molecule has 17 heavy (non-hydrogen) atoms. The van der Waals surface area contributed by atoms with Gasteiger partial charge in [0.25, 0.3) is 0 Å². The zero-order chi connectivity index (χ0) is 12.3. The van der Waals surface area contributed by atoms with Crippen LogP contribution in [0.1, 0.15) is 44.3 Å². The van der Waals surface area contributed by atoms with Gasteiger partial charge in [-0.1, -0.05) is 31.4 Å². The highest BCUT2D eigenvalue weighted by atomic mass is 35.5. The maximum Gasteiger partial charge on any atom is 0.0775 e. The third kappa shape index (κ3) is 2.97. The number of hydrogen-bond acceptors (Lipinski definition) is 3. The highest BCUT2D eigenvalue weighted by molar-refractivity contribution is 6.31. The van der Waals surface area contributed by atoms with E-state index >= 15 is 0 Å². The number of hydrogen-bond donors (Lipinski definition) is 2. The van der Waals surface area contributed by atoms with Crippen LogP contribution in [0.4, 0.5) is 0 Å². The van der Waals surface area contributed by atoms with Crippen LogP contribution < -0.4 is 11.3 Å². The number of rotatable bonds is 3. The van der Waals surface area contributed by atoms with Crippen LogP contribution in [0.15, 0.2) is 18.3 Å². The zero-order valence-corrected chi connectivity index (χ0v) is 11.0. The second-order valence-corrected chi connectivity index (χ2v) is 5.45. The molecule has 0 aliphatic heterocycles. The lowest BCUT2D eigenvalue weighted by molar-refractivity contribution is 0.222. The third-order valence-electron chi connectivity index (χ3n) is 3.71. The Labute approximate surface area is 108 Å². The minimum atomic E-state index is 0.0754. The van der Waals surface area contributed by atoms with Crippen molar-refractivity contribution in [2.24, 2.45) is 17.7 Å². The van der Waals surface area contributed by atoms with Gasteiger partial charge in [0.05, 0.1) is 16.8 Å². The van der Waals surface area contributed by atoms with Crippen LogP contribution in [0.25, 0.3) is 0 Å². The van der Waals surface area contributed by atoms with Gasteiger partial charge in [-0.2, -0.15) is 0 Å². The quantitative estimate of drug-likeness (QED) is 0.643. The summed E-state index contributed by atoms with van der Waals surface area (Å²) in [6.07, 6.45) is 6.77. The second kappa shape index (κ2) is 5.80. The number of nitrogens with one attached hydrogen (secondary N) is 1. The van der Waals surface area contributed by atoms with Gasteiger partial charge >= 0.3 is 0 Å². The highest BCUT2D eigenvalue weighted by Gasteiger charge is 2.29. The second-order valence-electron chi connectivity index (χ2n) is 5.05. The molecule has 1 aliphatic rings. The van der Waals surface area contributed by atoms with E-state index < -0.39 is 0 Å². The Kier molecular flexibility index (Phi) is 4.37. The van der Waals surface area contributed by atoms with Gasteiger partial charge in [-0.3, -0.25) is 16.3 Å². The molecule has 0 aromatic carbocycles. The number of hydrazine groups is 1. The van der Waals surface area contributed by atoms with Crippen LogP contribution in [0.5, 0.6) is 0 Å². The molecule has 1 aliphatic carbocycles. The molecule has 4 heteroatoms. The average molecular weight is 254 g/mol. The van der Waals surface area contributed by atoms with E-state index in [9.17, 15) is 0 Å². The molecular weight excluding hydrogens is 234 g/mol. The van der Waals surface area contributed by atoms with Gasteiger partial charge in [0.15, 0.2) is 0 Å². The SMILES string of the molecule is CC1CCCC(C(NN)c2ncccc2Cl)C1. The van der Waals surface area contributed by atoms with Crippen molar-refractivity contribution in [2.45, 2.75) is 38.6 Å². The van der Waals surface area contributed by atoms with E-state index in [-0.39, 0.29) is 6.04 Å². The molecule has 0 radical (unpaired) electrons. The van der Waals surface area contributed by atoms with Crippen molar-refractivity contribution < 1.29 is 0 Å². The minimum absolute atomic E-state index is 0.0754. The zero-order valence-electron chi connectivity index (χ0n) is 10.2. The first-order valence-corrected chi connectivity index (χ1v) is 6.66. The molecule has 0 amide bonds. The van der Waals surface area contributed by atoms with Crippen LogP contribution in [-0.4, -0.2) is 4.98 Å². The predicted octanol–water partition coefficient (Wildman–Crippen LogP) is 3.07. The molecule has 1 fully saturated rings. The average Bonchev–Trinajstić information content (AvgIpc) is 2.33. The van der Waals surface area contributed by atoms with Gasteiger partial charge in [-0.25, -0.2) is 0 Å². The van der Waals surface area contributed by atoms with Gasteiger partial charge in [0, 0.05) is 6.20 Å². The molecule has 1 aromatic rings. The molecule has 1 saturated carbocycles. The number of pyridine rings is 1. The summed E-state index contributed by atoms with van der Waals surface area (Å²) in [7, 11) is 0. The molecule has 0 saturated heterocycles. The van der Waals surface area contributed by atoms with Gasteiger partial charge in [-0.05, 0) is 36.8 Å². The van der Waals surface area contributed by atoms with E-state index in [1.165, 1.54) is 25.7 Å². The maximum atomic E-state index is 6.20.